The molecule has 0 saturated carbocycles. The first-order chi connectivity index (χ1) is 4.91. The van der Waals surface area contributed by atoms with E-state index in [1.807, 2.05) is 13.1 Å². The van der Waals surface area contributed by atoms with Gasteiger partial charge in [-0.1, -0.05) is 0 Å². The third-order valence-corrected chi connectivity index (χ3v) is 2.07. The van der Waals surface area contributed by atoms with E-state index < -0.39 is 0 Å². The first-order valence-corrected chi connectivity index (χ1v) is 4.42. The van der Waals surface area contributed by atoms with Crippen LogP contribution in [-0.4, -0.2) is 9.55 Å². The van der Waals surface area contributed by atoms with E-state index in [1.165, 1.54) is 0 Å². The van der Waals surface area contributed by atoms with Crippen LogP contribution in [0.3, 0.4) is 0 Å². The van der Waals surface area contributed by atoms with Crippen molar-refractivity contribution in [2.45, 2.75) is 33.2 Å². The van der Waals surface area contributed by atoms with Gasteiger partial charge in [-0.2, -0.15) is 0 Å². The lowest BCUT2D eigenvalue weighted by Gasteiger charge is -2.21. The second kappa shape index (κ2) is 2.63. The number of hydrogen-bond acceptors (Lipinski definition) is 1. The molecule has 0 radical (unpaired) electrons. The van der Waals surface area contributed by atoms with Gasteiger partial charge in [-0.15, -0.1) is 0 Å². The molecule has 0 N–H and O–H groups in total. The number of aromatic nitrogens is 2. The van der Waals surface area contributed by atoms with E-state index in [0.717, 1.165) is 10.4 Å². The first-order valence-electron chi connectivity index (χ1n) is 3.63. The molecule has 0 amide bonds. The zero-order valence-corrected chi connectivity index (χ0v) is 8.94. The predicted octanol–water partition coefficient (Wildman–Crippen LogP) is 2.71. The van der Waals surface area contributed by atoms with E-state index in [-0.39, 0.29) is 5.54 Å². The van der Waals surface area contributed by atoms with Gasteiger partial charge >= 0.3 is 0 Å². The maximum atomic E-state index is 4.26. The van der Waals surface area contributed by atoms with Crippen LogP contribution in [0.25, 0.3) is 0 Å². The number of imidazole rings is 1. The molecule has 0 aliphatic rings. The molecule has 0 aliphatic carbocycles. The molecule has 0 bridgehead atoms. The first kappa shape index (κ1) is 8.78. The van der Waals surface area contributed by atoms with Gasteiger partial charge in [-0.25, -0.2) is 4.98 Å². The monoisotopic (exact) mass is 216 g/mol. The molecule has 0 spiro atoms. The summed E-state index contributed by atoms with van der Waals surface area (Å²) in [4.78, 5) is 4.26. The summed E-state index contributed by atoms with van der Waals surface area (Å²) in [5.41, 5.74) is 1.16. The lowest BCUT2D eigenvalue weighted by molar-refractivity contribution is 0.388. The molecule has 3 heteroatoms. The molecule has 0 fully saturated rings. The maximum Gasteiger partial charge on any atom is 0.177 e. The topological polar surface area (TPSA) is 17.8 Å². The summed E-state index contributed by atoms with van der Waals surface area (Å²) < 4.78 is 3.02. The Hall–Kier alpha value is -0.310. The van der Waals surface area contributed by atoms with E-state index >= 15 is 0 Å². The average Bonchev–Trinajstić information content (AvgIpc) is 2.08. The van der Waals surface area contributed by atoms with Gasteiger partial charge < -0.3 is 4.57 Å². The van der Waals surface area contributed by atoms with Crippen molar-refractivity contribution in [2.24, 2.45) is 0 Å². The highest BCUT2D eigenvalue weighted by atomic mass is 79.9. The minimum atomic E-state index is 0.111. The minimum Gasteiger partial charge on any atom is -0.320 e. The number of nitrogens with zero attached hydrogens (tertiary/aromatic N) is 2. The van der Waals surface area contributed by atoms with Crippen LogP contribution < -0.4 is 0 Å². The molecule has 1 rings (SSSR count). The molecule has 0 unspecified atom stereocenters. The number of hydrogen-bond donors (Lipinski definition) is 0. The van der Waals surface area contributed by atoms with Crippen LogP contribution in [0.4, 0.5) is 0 Å². The third kappa shape index (κ3) is 1.83. The van der Waals surface area contributed by atoms with Crippen molar-refractivity contribution in [3.05, 3.63) is 16.6 Å². The van der Waals surface area contributed by atoms with Crippen LogP contribution in [0.1, 0.15) is 26.5 Å². The van der Waals surface area contributed by atoms with Crippen molar-refractivity contribution >= 4 is 15.9 Å². The largest absolute Gasteiger partial charge is 0.320 e. The summed E-state index contributed by atoms with van der Waals surface area (Å²) in [5.74, 6) is 0. The average molecular weight is 217 g/mol. The Morgan fingerprint density at radius 1 is 1.45 bits per heavy atom. The van der Waals surface area contributed by atoms with Gasteiger partial charge in [0, 0.05) is 11.7 Å². The van der Waals surface area contributed by atoms with Crippen molar-refractivity contribution in [3.8, 4) is 0 Å². The molecular formula is C8H13BrN2. The van der Waals surface area contributed by atoms with E-state index in [1.54, 1.807) is 0 Å². The Morgan fingerprint density at radius 2 is 2.00 bits per heavy atom. The van der Waals surface area contributed by atoms with Crippen molar-refractivity contribution in [1.29, 1.82) is 0 Å². The van der Waals surface area contributed by atoms with Gasteiger partial charge in [0.25, 0.3) is 0 Å². The standard InChI is InChI=1S/C8H13BrN2/c1-6-5-11(7(9)10-6)8(2,3)4/h5H,1-4H3. The molecule has 1 heterocycles. The third-order valence-electron chi connectivity index (χ3n) is 1.51. The van der Waals surface area contributed by atoms with Gasteiger partial charge in [0.2, 0.25) is 0 Å². The quantitative estimate of drug-likeness (QED) is 0.653. The van der Waals surface area contributed by atoms with Gasteiger partial charge in [0.1, 0.15) is 0 Å². The Kier molecular flexibility index (Phi) is 2.10. The van der Waals surface area contributed by atoms with Crippen molar-refractivity contribution < 1.29 is 0 Å². The second-order valence-electron chi connectivity index (χ2n) is 3.69. The molecule has 1 aromatic rings. The van der Waals surface area contributed by atoms with Gasteiger partial charge in [-0.3, -0.25) is 0 Å². The Morgan fingerprint density at radius 3 is 2.18 bits per heavy atom. The molecule has 0 aliphatic heterocycles. The number of rotatable bonds is 0. The predicted molar refractivity (Wildman–Crippen MR) is 49.7 cm³/mol. The Bertz CT molecular complexity index is 258. The molecule has 0 aromatic carbocycles. The van der Waals surface area contributed by atoms with Crippen LogP contribution in [-0.2, 0) is 5.54 Å². The zero-order chi connectivity index (χ0) is 8.65. The smallest absolute Gasteiger partial charge is 0.177 e. The summed E-state index contributed by atoms with van der Waals surface area (Å²) in [7, 11) is 0. The summed E-state index contributed by atoms with van der Waals surface area (Å²) in [6, 6.07) is 0. The van der Waals surface area contributed by atoms with E-state index in [2.05, 4.69) is 46.3 Å². The van der Waals surface area contributed by atoms with E-state index in [4.69, 9.17) is 0 Å². The van der Waals surface area contributed by atoms with Crippen molar-refractivity contribution in [1.82, 2.24) is 9.55 Å². The SMILES string of the molecule is Cc1cn(C(C)(C)C)c(Br)n1. The highest BCUT2D eigenvalue weighted by Gasteiger charge is 2.15. The molecule has 0 atom stereocenters. The summed E-state index contributed by atoms with van der Waals surface area (Å²) in [5, 5.41) is 0. The fourth-order valence-electron chi connectivity index (χ4n) is 0.939. The number of aryl methyl sites for hydroxylation is 1. The summed E-state index contributed by atoms with van der Waals surface area (Å²) in [6.45, 7) is 8.45. The normalized spacial score (nSPS) is 12.1. The van der Waals surface area contributed by atoms with Gasteiger partial charge in [0.15, 0.2) is 4.73 Å². The molecule has 2 nitrogen and oxygen atoms in total. The second-order valence-corrected chi connectivity index (χ2v) is 4.40. The fourth-order valence-corrected chi connectivity index (χ4v) is 1.85. The molecule has 1 aromatic heterocycles. The van der Waals surface area contributed by atoms with Crippen LogP contribution in [0.15, 0.2) is 10.9 Å². The van der Waals surface area contributed by atoms with Crippen LogP contribution in [0, 0.1) is 6.92 Å². The van der Waals surface area contributed by atoms with Crippen molar-refractivity contribution in [3.63, 3.8) is 0 Å². The molecule has 62 valence electrons. The lowest BCUT2D eigenvalue weighted by Crippen LogP contribution is -2.20. The van der Waals surface area contributed by atoms with Crippen LogP contribution >= 0.6 is 15.9 Å². The number of halogens is 1. The maximum absolute atomic E-state index is 4.26. The summed E-state index contributed by atoms with van der Waals surface area (Å²) in [6.07, 6.45) is 2.05. The van der Waals surface area contributed by atoms with Gasteiger partial charge in [-0.05, 0) is 43.6 Å². The Balaban J connectivity index is 3.13. The minimum absolute atomic E-state index is 0.111. The summed E-state index contributed by atoms with van der Waals surface area (Å²) >= 11 is 3.40. The van der Waals surface area contributed by atoms with Crippen LogP contribution in [0.5, 0.6) is 0 Å². The Labute approximate surface area is 75.8 Å². The van der Waals surface area contributed by atoms with Crippen molar-refractivity contribution in [2.75, 3.05) is 0 Å². The van der Waals surface area contributed by atoms with E-state index in [9.17, 15) is 0 Å². The highest BCUT2D eigenvalue weighted by molar-refractivity contribution is 9.10. The van der Waals surface area contributed by atoms with Crippen LogP contribution in [0.2, 0.25) is 0 Å². The molecular weight excluding hydrogens is 204 g/mol. The van der Waals surface area contributed by atoms with E-state index in [0.29, 0.717) is 0 Å². The van der Waals surface area contributed by atoms with Gasteiger partial charge in [0.05, 0.1) is 5.69 Å². The lowest BCUT2D eigenvalue weighted by atomic mass is 10.1. The highest BCUT2D eigenvalue weighted by Crippen LogP contribution is 2.20. The molecule has 11 heavy (non-hydrogen) atoms. The zero-order valence-electron chi connectivity index (χ0n) is 7.35. The fraction of sp³-hybridized carbons (Fsp3) is 0.625. The molecule has 0 saturated heterocycles.